The Balaban J connectivity index is 1.53. The number of aromatic nitrogens is 3. The van der Waals surface area contributed by atoms with Gasteiger partial charge >= 0.3 is 0 Å². The van der Waals surface area contributed by atoms with E-state index in [1.807, 2.05) is 54.9 Å². The molecule has 6 nitrogen and oxygen atoms in total. The fourth-order valence-electron chi connectivity index (χ4n) is 2.83. The van der Waals surface area contributed by atoms with Crippen molar-refractivity contribution in [2.45, 2.75) is 44.9 Å². The lowest BCUT2D eigenvalue weighted by atomic mass is 9.87. The quantitative estimate of drug-likeness (QED) is 0.555. The Hall–Kier alpha value is -2.80. The van der Waals surface area contributed by atoms with E-state index in [1.54, 1.807) is 0 Å². The zero-order valence-electron chi connectivity index (χ0n) is 18.1. The average Bonchev–Trinajstić information content (AvgIpc) is 3.06. The molecule has 3 aromatic rings. The standard InChI is InChI=1S/C23H28N4O2S/c1-16-8-6-7-9-19(16)24-21(28)15-30-22-26-25-20(27(22)5)14-29-18-12-10-17(11-13-18)23(2,3)4/h6-13H,14-15H2,1-5H3,(H,24,28). The molecule has 0 unspecified atom stereocenters. The van der Waals surface area contributed by atoms with Crippen LogP contribution in [-0.4, -0.2) is 26.4 Å². The molecule has 0 atom stereocenters. The summed E-state index contributed by atoms with van der Waals surface area (Å²) in [5.41, 5.74) is 3.23. The molecular weight excluding hydrogens is 396 g/mol. The minimum atomic E-state index is -0.0750. The van der Waals surface area contributed by atoms with Gasteiger partial charge in [0.25, 0.3) is 0 Å². The maximum atomic E-state index is 12.3. The Morgan fingerprint density at radius 3 is 2.47 bits per heavy atom. The van der Waals surface area contributed by atoms with Crippen molar-refractivity contribution in [3.8, 4) is 5.75 Å². The molecule has 3 rings (SSSR count). The molecule has 7 heteroatoms. The van der Waals surface area contributed by atoms with Gasteiger partial charge < -0.3 is 14.6 Å². The second-order valence-corrected chi connectivity index (χ2v) is 9.12. The summed E-state index contributed by atoms with van der Waals surface area (Å²) >= 11 is 1.35. The minimum absolute atomic E-state index is 0.0750. The van der Waals surface area contributed by atoms with Gasteiger partial charge in [-0.1, -0.05) is 62.9 Å². The second kappa shape index (κ2) is 9.34. The lowest BCUT2D eigenvalue weighted by Crippen LogP contribution is -2.15. The number of rotatable bonds is 7. The molecule has 0 bridgehead atoms. The van der Waals surface area contributed by atoms with Gasteiger partial charge in [0.15, 0.2) is 11.0 Å². The molecule has 0 saturated carbocycles. The highest BCUT2D eigenvalue weighted by atomic mass is 32.2. The molecule has 0 aliphatic heterocycles. The van der Waals surface area contributed by atoms with Crippen LogP contribution in [0.25, 0.3) is 0 Å². The van der Waals surface area contributed by atoms with Crippen LogP contribution in [0.2, 0.25) is 0 Å². The van der Waals surface area contributed by atoms with Gasteiger partial charge in [-0.15, -0.1) is 10.2 Å². The smallest absolute Gasteiger partial charge is 0.234 e. The molecular formula is C23H28N4O2S. The van der Waals surface area contributed by atoms with Crippen molar-refractivity contribution in [2.75, 3.05) is 11.1 Å². The first-order chi connectivity index (χ1) is 14.2. The number of para-hydroxylation sites is 1. The second-order valence-electron chi connectivity index (χ2n) is 8.17. The predicted octanol–water partition coefficient (Wildman–Crippen LogP) is 4.73. The number of aryl methyl sites for hydroxylation is 1. The van der Waals surface area contributed by atoms with E-state index in [-0.39, 0.29) is 17.1 Å². The number of benzene rings is 2. The van der Waals surface area contributed by atoms with Gasteiger partial charge in [-0.25, -0.2) is 0 Å². The summed E-state index contributed by atoms with van der Waals surface area (Å²) in [5, 5.41) is 12.0. The van der Waals surface area contributed by atoms with E-state index in [2.05, 4.69) is 48.4 Å². The van der Waals surface area contributed by atoms with Crippen molar-refractivity contribution in [1.29, 1.82) is 0 Å². The molecule has 0 aliphatic rings. The number of nitrogens with one attached hydrogen (secondary N) is 1. The van der Waals surface area contributed by atoms with E-state index in [9.17, 15) is 4.79 Å². The van der Waals surface area contributed by atoms with Crippen LogP contribution in [0.5, 0.6) is 5.75 Å². The molecule has 30 heavy (non-hydrogen) atoms. The summed E-state index contributed by atoms with van der Waals surface area (Å²) in [6, 6.07) is 15.8. The zero-order chi connectivity index (χ0) is 21.7. The average molecular weight is 425 g/mol. The molecule has 0 aliphatic carbocycles. The van der Waals surface area contributed by atoms with E-state index < -0.39 is 0 Å². The number of hydrogen-bond donors (Lipinski definition) is 1. The summed E-state index contributed by atoms with van der Waals surface area (Å²) in [7, 11) is 1.88. The summed E-state index contributed by atoms with van der Waals surface area (Å²) in [4.78, 5) is 12.3. The summed E-state index contributed by atoms with van der Waals surface area (Å²) < 4.78 is 7.72. The van der Waals surface area contributed by atoms with Gasteiger partial charge in [0.1, 0.15) is 12.4 Å². The lowest BCUT2D eigenvalue weighted by Gasteiger charge is -2.19. The van der Waals surface area contributed by atoms with Crippen molar-refractivity contribution >= 4 is 23.4 Å². The van der Waals surface area contributed by atoms with Gasteiger partial charge in [-0.05, 0) is 41.7 Å². The van der Waals surface area contributed by atoms with E-state index in [0.717, 1.165) is 17.0 Å². The first-order valence-corrected chi connectivity index (χ1v) is 10.8. The lowest BCUT2D eigenvalue weighted by molar-refractivity contribution is -0.113. The van der Waals surface area contributed by atoms with Crippen LogP contribution in [-0.2, 0) is 23.9 Å². The van der Waals surface area contributed by atoms with Crippen molar-refractivity contribution in [2.24, 2.45) is 7.05 Å². The van der Waals surface area contributed by atoms with Gasteiger partial charge in [-0.3, -0.25) is 4.79 Å². The Morgan fingerprint density at radius 1 is 1.10 bits per heavy atom. The summed E-state index contributed by atoms with van der Waals surface area (Å²) in [6.07, 6.45) is 0. The van der Waals surface area contributed by atoms with Crippen LogP contribution in [0.1, 0.15) is 37.7 Å². The van der Waals surface area contributed by atoms with Crippen molar-refractivity contribution < 1.29 is 9.53 Å². The van der Waals surface area contributed by atoms with Gasteiger partial charge in [-0.2, -0.15) is 0 Å². The first-order valence-electron chi connectivity index (χ1n) is 9.84. The van der Waals surface area contributed by atoms with Gasteiger partial charge in [0, 0.05) is 12.7 Å². The van der Waals surface area contributed by atoms with Crippen molar-refractivity contribution in [3.05, 3.63) is 65.5 Å². The van der Waals surface area contributed by atoms with Gasteiger partial charge in [0.05, 0.1) is 5.75 Å². The highest BCUT2D eigenvalue weighted by Gasteiger charge is 2.14. The Bertz CT molecular complexity index is 1010. The highest BCUT2D eigenvalue weighted by molar-refractivity contribution is 7.99. The summed E-state index contributed by atoms with van der Waals surface area (Å²) in [6.45, 7) is 8.83. The highest BCUT2D eigenvalue weighted by Crippen LogP contribution is 2.25. The number of carbonyl (C=O) groups is 1. The van der Waals surface area contributed by atoms with E-state index in [0.29, 0.717) is 17.6 Å². The SMILES string of the molecule is Cc1ccccc1NC(=O)CSc1nnc(COc2ccc(C(C)(C)C)cc2)n1C. The molecule has 1 amide bonds. The molecule has 0 spiro atoms. The van der Waals surface area contributed by atoms with E-state index in [1.165, 1.54) is 17.3 Å². The van der Waals surface area contributed by atoms with Crippen molar-refractivity contribution in [1.82, 2.24) is 14.8 Å². The van der Waals surface area contributed by atoms with Crippen LogP contribution < -0.4 is 10.1 Å². The van der Waals surface area contributed by atoms with E-state index >= 15 is 0 Å². The first kappa shape index (κ1) is 21.9. The molecule has 1 N–H and O–H groups in total. The topological polar surface area (TPSA) is 69.0 Å². The predicted molar refractivity (Wildman–Crippen MR) is 121 cm³/mol. The molecule has 1 heterocycles. The number of ether oxygens (including phenoxy) is 1. The Kier molecular flexibility index (Phi) is 6.82. The number of hydrogen-bond acceptors (Lipinski definition) is 5. The van der Waals surface area contributed by atoms with Gasteiger partial charge in [0.2, 0.25) is 5.91 Å². The van der Waals surface area contributed by atoms with Crippen LogP contribution in [0, 0.1) is 6.92 Å². The minimum Gasteiger partial charge on any atom is -0.486 e. The van der Waals surface area contributed by atoms with E-state index in [4.69, 9.17) is 4.74 Å². The monoisotopic (exact) mass is 424 g/mol. The maximum absolute atomic E-state index is 12.3. The zero-order valence-corrected chi connectivity index (χ0v) is 18.9. The molecule has 1 aromatic heterocycles. The third kappa shape index (κ3) is 5.63. The van der Waals surface area contributed by atoms with Crippen LogP contribution in [0.4, 0.5) is 5.69 Å². The summed E-state index contributed by atoms with van der Waals surface area (Å²) in [5.74, 6) is 1.68. The third-order valence-corrected chi connectivity index (χ3v) is 5.79. The van der Waals surface area contributed by atoms with Crippen LogP contribution in [0.3, 0.4) is 0 Å². The Labute approximate surface area is 182 Å². The molecule has 158 valence electrons. The third-order valence-electron chi connectivity index (χ3n) is 4.76. The number of nitrogens with zero attached hydrogens (tertiary/aromatic N) is 3. The van der Waals surface area contributed by atoms with Crippen molar-refractivity contribution in [3.63, 3.8) is 0 Å². The molecule has 0 saturated heterocycles. The largest absolute Gasteiger partial charge is 0.486 e. The molecule has 0 fully saturated rings. The van der Waals surface area contributed by atoms with Crippen LogP contribution in [0.15, 0.2) is 53.7 Å². The molecule has 0 radical (unpaired) electrons. The molecule has 2 aromatic carbocycles. The number of carbonyl (C=O) groups excluding carboxylic acids is 1. The maximum Gasteiger partial charge on any atom is 0.234 e. The number of anilines is 1. The fraction of sp³-hybridized carbons (Fsp3) is 0.348. The number of amides is 1. The number of thioether (sulfide) groups is 1. The Morgan fingerprint density at radius 2 is 1.80 bits per heavy atom. The normalized spacial score (nSPS) is 11.4. The van der Waals surface area contributed by atoms with Crippen LogP contribution >= 0.6 is 11.8 Å². The fourth-order valence-corrected chi connectivity index (χ4v) is 3.55.